The number of aldehydes is 1. The highest BCUT2D eigenvalue weighted by Gasteiger charge is 2.07. The molecule has 112 valence electrons. The van der Waals surface area contributed by atoms with E-state index in [-0.39, 0.29) is 0 Å². The van der Waals surface area contributed by atoms with Crippen LogP contribution in [0.5, 0.6) is 0 Å². The molecule has 4 nitrogen and oxygen atoms in total. The average molecular weight is 302 g/mol. The summed E-state index contributed by atoms with van der Waals surface area (Å²) in [6.07, 6.45) is 7.46. The first kappa shape index (κ1) is 14.7. The molecule has 1 heterocycles. The zero-order valence-corrected chi connectivity index (χ0v) is 12.3. The van der Waals surface area contributed by atoms with E-state index in [1.54, 1.807) is 30.6 Å². The van der Waals surface area contributed by atoms with E-state index in [1.165, 1.54) is 6.08 Å². The summed E-state index contributed by atoms with van der Waals surface area (Å²) in [5.41, 5.74) is 8.68. The SMILES string of the molecule is NC(=O)c1ccc2cncc(-c3ccc(/C=C/C=O)cc3)c2c1. The van der Waals surface area contributed by atoms with Crippen molar-refractivity contribution in [2.75, 3.05) is 0 Å². The van der Waals surface area contributed by atoms with Crippen molar-refractivity contribution >= 4 is 29.0 Å². The van der Waals surface area contributed by atoms with Gasteiger partial charge < -0.3 is 5.73 Å². The number of carbonyl (C=O) groups excluding carboxylic acids is 2. The minimum Gasteiger partial charge on any atom is -0.366 e. The highest BCUT2D eigenvalue weighted by molar-refractivity contribution is 6.02. The highest BCUT2D eigenvalue weighted by Crippen LogP contribution is 2.28. The quantitative estimate of drug-likeness (QED) is 0.594. The zero-order chi connectivity index (χ0) is 16.2. The predicted octanol–water partition coefficient (Wildman–Crippen LogP) is 3.21. The maximum Gasteiger partial charge on any atom is 0.248 e. The van der Waals surface area contributed by atoms with Gasteiger partial charge in [-0.15, -0.1) is 0 Å². The second-order valence-electron chi connectivity index (χ2n) is 5.10. The second-order valence-corrected chi connectivity index (χ2v) is 5.10. The molecule has 0 radical (unpaired) electrons. The van der Waals surface area contributed by atoms with Crippen LogP contribution in [0.25, 0.3) is 28.0 Å². The number of rotatable bonds is 4. The van der Waals surface area contributed by atoms with Crippen LogP contribution in [0.15, 0.2) is 60.9 Å². The lowest BCUT2D eigenvalue weighted by atomic mass is 9.98. The third-order valence-electron chi connectivity index (χ3n) is 3.63. The smallest absolute Gasteiger partial charge is 0.248 e. The molecule has 0 aliphatic heterocycles. The topological polar surface area (TPSA) is 73.1 Å². The van der Waals surface area contributed by atoms with Crippen LogP contribution in [0.3, 0.4) is 0 Å². The van der Waals surface area contributed by atoms with Crippen LogP contribution in [0.1, 0.15) is 15.9 Å². The molecule has 0 fully saturated rings. The Morgan fingerprint density at radius 1 is 1.04 bits per heavy atom. The summed E-state index contributed by atoms with van der Waals surface area (Å²) < 4.78 is 0. The summed E-state index contributed by atoms with van der Waals surface area (Å²) in [7, 11) is 0. The van der Waals surface area contributed by atoms with Gasteiger partial charge in [0.05, 0.1) is 0 Å². The lowest BCUT2D eigenvalue weighted by Gasteiger charge is -2.08. The van der Waals surface area contributed by atoms with E-state index in [4.69, 9.17) is 5.73 Å². The Bertz CT molecular complexity index is 912. The Hall–Kier alpha value is -3.27. The van der Waals surface area contributed by atoms with E-state index < -0.39 is 5.91 Å². The molecular formula is C19H14N2O2. The number of fused-ring (bicyclic) bond motifs is 1. The van der Waals surface area contributed by atoms with Crippen molar-refractivity contribution in [3.8, 4) is 11.1 Å². The molecule has 3 aromatic rings. The van der Waals surface area contributed by atoms with E-state index in [9.17, 15) is 9.59 Å². The van der Waals surface area contributed by atoms with Crippen LogP contribution in [-0.4, -0.2) is 17.2 Å². The molecule has 0 saturated heterocycles. The Morgan fingerprint density at radius 3 is 2.52 bits per heavy atom. The fraction of sp³-hybridized carbons (Fsp3) is 0. The minimum absolute atomic E-state index is 0.455. The Labute approximate surface area is 133 Å². The fourth-order valence-corrected chi connectivity index (χ4v) is 2.47. The van der Waals surface area contributed by atoms with Gasteiger partial charge in [-0.25, -0.2) is 0 Å². The lowest BCUT2D eigenvalue weighted by molar-refractivity contribution is -0.104. The number of pyridine rings is 1. The second kappa shape index (κ2) is 6.23. The Balaban J connectivity index is 2.11. The molecule has 0 unspecified atom stereocenters. The summed E-state index contributed by atoms with van der Waals surface area (Å²) in [4.78, 5) is 26.0. The number of benzene rings is 2. The normalized spacial score (nSPS) is 11.0. The Morgan fingerprint density at radius 2 is 1.83 bits per heavy atom. The summed E-state index contributed by atoms with van der Waals surface area (Å²) in [5.74, 6) is -0.455. The molecule has 0 atom stereocenters. The first-order valence-corrected chi connectivity index (χ1v) is 7.09. The number of nitrogens with zero attached hydrogens (tertiary/aromatic N) is 1. The number of allylic oxidation sites excluding steroid dienone is 1. The van der Waals surface area contributed by atoms with Gasteiger partial charge in [0.1, 0.15) is 6.29 Å². The molecule has 3 rings (SSSR count). The Kier molecular flexibility index (Phi) is 3.97. The molecule has 0 spiro atoms. The third kappa shape index (κ3) is 3.01. The average Bonchev–Trinajstić information content (AvgIpc) is 2.59. The van der Waals surface area contributed by atoms with Gasteiger partial charge >= 0.3 is 0 Å². The van der Waals surface area contributed by atoms with Gasteiger partial charge in [-0.3, -0.25) is 14.6 Å². The van der Waals surface area contributed by atoms with Crippen LogP contribution in [-0.2, 0) is 4.79 Å². The number of amides is 1. The van der Waals surface area contributed by atoms with Gasteiger partial charge in [0.25, 0.3) is 0 Å². The van der Waals surface area contributed by atoms with Crippen molar-refractivity contribution in [3.05, 3.63) is 72.1 Å². The molecular weight excluding hydrogens is 288 g/mol. The van der Waals surface area contributed by atoms with Crippen molar-refractivity contribution in [1.29, 1.82) is 0 Å². The molecule has 4 heteroatoms. The van der Waals surface area contributed by atoms with E-state index in [1.807, 2.05) is 30.3 Å². The number of hydrogen-bond acceptors (Lipinski definition) is 3. The van der Waals surface area contributed by atoms with Crippen molar-refractivity contribution in [2.45, 2.75) is 0 Å². The molecule has 0 saturated carbocycles. The van der Waals surface area contributed by atoms with Gasteiger partial charge in [0, 0.05) is 28.9 Å². The number of nitrogens with two attached hydrogens (primary N) is 1. The van der Waals surface area contributed by atoms with Crippen LogP contribution in [0, 0.1) is 0 Å². The molecule has 2 aromatic carbocycles. The molecule has 1 amide bonds. The monoisotopic (exact) mass is 302 g/mol. The van der Waals surface area contributed by atoms with Gasteiger partial charge in [-0.05, 0) is 34.7 Å². The first-order valence-electron chi connectivity index (χ1n) is 7.09. The van der Waals surface area contributed by atoms with Crippen LogP contribution >= 0.6 is 0 Å². The van der Waals surface area contributed by atoms with Crippen molar-refractivity contribution in [3.63, 3.8) is 0 Å². The fourth-order valence-electron chi connectivity index (χ4n) is 2.47. The van der Waals surface area contributed by atoms with Crippen LogP contribution < -0.4 is 5.73 Å². The lowest BCUT2D eigenvalue weighted by Crippen LogP contribution is -2.10. The van der Waals surface area contributed by atoms with Gasteiger partial charge in [0.15, 0.2) is 0 Å². The van der Waals surface area contributed by atoms with E-state index in [0.717, 1.165) is 33.7 Å². The zero-order valence-electron chi connectivity index (χ0n) is 12.3. The summed E-state index contributed by atoms with van der Waals surface area (Å²) in [6.45, 7) is 0. The van der Waals surface area contributed by atoms with E-state index in [0.29, 0.717) is 5.56 Å². The maximum absolute atomic E-state index is 11.4. The molecule has 1 aromatic heterocycles. The molecule has 23 heavy (non-hydrogen) atoms. The van der Waals surface area contributed by atoms with Crippen molar-refractivity contribution < 1.29 is 9.59 Å². The summed E-state index contributed by atoms with van der Waals surface area (Å²) >= 11 is 0. The largest absolute Gasteiger partial charge is 0.366 e. The highest BCUT2D eigenvalue weighted by atomic mass is 16.1. The summed E-state index contributed by atoms with van der Waals surface area (Å²) in [5, 5.41) is 1.87. The molecule has 2 N–H and O–H groups in total. The molecule has 0 aliphatic carbocycles. The van der Waals surface area contributed by atoms with E-state index in [2.05, 4.69) is 4.98 Å². The van der Waals surface area contributed by atoms with Crippen LogP contribution in [0.2, 0.25) is 0 Å². The number of carbonyl (C=O) groups is 2. The van der Waals surface area contributed by atoms with Crippen molar-refractivity contribution in [2.24, 2.45) is 5.73 Å². The van der Waals surface area contributed by atoms with Gasteiger partial charge in [-0.2, -0.15) is 0 Å². The first-order chi connectivity index (χ1) is 11.2. The maximum atomic E-state index is 11.4. The number of hydrogen-bond donors (Lipinski definition) is 1. The molecule has 0 bridgehead atoms. The predicted molar refractivity (Wildman–Crippen MR) is 90.8 cm³/mol. The van der Waals surface area contributed by atoms with Gasteiger partial charge in [-0.1, -0.05) is 36.4 Å². The van der Waals surface area contributed by atoms with Crippen LogP contribution in [0.4, 0.5) is 0 Å². The van der Waals surface area contributed by atoms with E-state index >= 15 is 0 Å². The number of primary amides is 1. The van der Waals surface area contributed by atoms with Gasteiger partial charge in [0.2, 0.25) is 5.91 Å². The third-order valence-corrected chi connectivity index (χ3v) is 3.63. The number of aromatic nitrogens is 1. The van der Waals surface area contributed by atoms with Crippen molar-refractivity contribution in [1.82, 2.24) is 4.98 Å². The standard InChI is InChI=1S/C19H14N2O2/c20-19(23)15-7-8-16-11-21-12-18(17(16)10-15)14-5-3-13(4-6-14)2-1-9-22/h1-12H,(H2,20,23)/b2-1+. The summed E-state index contributed by atoms with van der Waals surface area (Å²) in [6, 6.07) is 13.1. The minimum atomic E-state index is -0.455. The molecule has 0 aliphatic rings.